The van der Waals surface area contributed by atoms with Gasteiger partial charge in [0.15, 0.2) is 0 Å². The van der Waals surface area contributed by atoms with Gasteiger partial charge in [-0.15, -0.1) is 11.6 Å². The minimum atomic E-state index is -0.209. The first kappa shape index (κ1) is 13.9. The van der Waals surface area contributed by atoms with Gasteiger partial charge in [-0.05, 0) is 37.6 Å². The second-order valence-corrected chi connectivity index (χ2v) is 5.32. The van der Waals surface area contributed by atoms with Crippen LogP contribution < -0.4 is 0 Å². The maximum atomic E-state index is 13.2. The van der Waals surface area contributed by atoms with Gasteiger partial charge in [0.05, 0.1) is 0 Å². The number of benzene rings is 1. The van der Waals surface area contributed by atoms with Crippen LogP contribution in [-0.2, 0) is 6.54 Å². The molecule has 0 saturated carbocycles. The molecule has 0 aliphatic rings. The molecule has 0 amide bonds. The van der Waals surface area contributed by atoms with Crippen molar-refractivity contribution in [2.75, 3.05) is 12.4 Å². The van der Waals surface area contributed by atoms with Gasteiger partial charge in [-0.1, -0.05) is 15.9 Å². The van der Waals surface area contributed by atoms with Crippen LogP contribution in [0, 0.1) is 5.82 Å². The Hall–Kier alpha value is -0.120. The van der Waals surface area contributed by atoms with E-state index in [1.165, 1.54) is 6.07 Å². The SMILES string of the molecule is CC(C)N(CCCl)Cc1cc(F)cc(Br)c1. The van der Waals surface area contributed by atoms with Crippen molar-refractivity contribution in [1.82, 2.24) is 4.90 Å². The Labute approximate surface area is 110 Å². The predicted molar refractivity (Wildman–Crippen MR) is 70.4 cm³/mol. The quantitative estimate of drug-likeness (QED) is 0.742. The molecule has 0 aliphatic heterocycles. The van der Waals surface area contributed by atoms with Crippen LogP contribution in [0.3, 0.4) is 0 Å². The van der Waals surface area contributed by atoms with Crippen molar-refractivity contribution in [3.05, 3.63) is 34.1 Å². The van der Waals surface area contributed by atoms with Gasteiger partial charge in [0.2, 0.25) is 0 Å². The zero-order chi connectivity index (χ0) is 12.1. The maximum Gasteiger partial charge on any atom is 0.124 e. The number of hydrogen-bond donors (Lipinski definition) is 0. The smallest absolute Gasteiger partial charge is 0.124 e. The minimum absolute atomic E-state index is 0.209. The van der Waals surface area contributed by atoms with Crippen LogP contribution in [0.2, 0.25) is 0 Å². The molecular formula is C12H16BrClFN. The Kier molecular flexibility index (Phi) is 5.73. The molecule has 0 radical (unpaired) electrons. The second-order valence-electron chi connectivity index (χ2n) is 4.03. The highest BCUT2D eigenvalue weighted by atomic mass is 79.9. The summed E-state index contributed by atoms with van der Waals surface area (Å²) >= 11 is 9.04. The lowest BCUT2D eigenvalue weighted by molar-refractivity contribution is 0.226. The highest BCUT2D eigenvalue weighted by Crippen LogP contribution is 2.17. The standard InChI is InChI=1S/C12H16BrClFN/c1-9(2)16(4-3-14)8-10-5-11(13)7-12(15)6-10/h5-7,9H,3-4,8H2,1-2H3. The Balaban J connectivity index is 2.76. The first-order valence-electron chi connectivity index (χ1n) is 5.28. The maximum absolute atomic E-state index is 13.2. The molecule has 0 fully saturated rings. The van der Waals surface area contributed by atoms with E-state index in [1.807, 2.05) is 6.07 Å². The Bertz CT molecular complexity index is 324. The van der Waals surface area contributed by atoms with Crippen LogP contribution >= 0.6 is 27.5 Å². The van der Waals surface area contributed by atoms with E-state index < -0.39 is 0 Å². The van der Waals surface area contributed by atoms with Gasteiger partial charge in [-0.2, -0.15) is 0 Å². The zero-order valence-electron chi connectivity index (χ0n) is 9.51. The Morgan fingerprint density at radius 2 is 2.06 bits per heavy atom. The summed E-state index contributed by atoms with van der Waals surface area (Å²) in [7, 11) is 0. The zero-order valence-corrected chi connectivity index (χ0v) is 11.9. The van der Waals surface area contributed by atoms with Gasteiger partial charge in [-0.3, -0.25) is 4.90 Å². The normalized spacial score (nSPS) is 11.4. The fourth-order valence-electron chi connectivity index (χ4n) is 1.57. The van der Waals surface area contributed by atoms with Crippen LogP contribution in [0.25, 0.3) is 0 Å². The molecule has 0 saturated heterocycles. The number of hydrogen-bond acceptors (Lipinski definition) is 1. The van der Waals surface area contributed by atoms with Crippen molar-refractivity contribution in [2.24, 2.45) is 0 Å². The summed E-state index contributed by atoms with van der Waals surface area (Å²) in [5.74, 6) is 0.383. The van der Waals surface area contributed by atoms with Gasteiger partial charge in [0.25, 0.3) is 0 Å². The van der Waals surface area contributed by atoms with E-state index in [-0.39, 0.29) is 5.82 Å². The van der Waals surface area contributed by atoms with E-state index in [4.69, 9.17) is 11.6 Å². The lowest BCUT2D eigenvalue weighted by Gasteiger charge is -2.25. The van der Waals surface area contributed by atoms with E-state index in [0.717, 1.165) is 23.1 Å². The summed E-state index contributed by atoms with van der Waals surface area (Å²) in [6, 6.07) is 5.37. The Morgan fingerprint density at radius 3 is 2.56 bits per heavy atom. The van der Waals surface area contributed by atoms with E-state index in [2.05, 4.69) is 34.7 Å². The van der Waals surface area contributed by atoms with Gasteiger partial charge >= 0.3 is 0 Å². The summed E-state index contributed by atoms with van der Waals surface area (Å²) in [5.41, 5.74) is 0.964. The molecule has 0 aromatic heterocycles. The molecule has 0 heterocycles. The van der Waals surface area contributed by atoms with Crippen molar-refractivity contribution in [1.29, 1.82) is 0 Å². The van der Waals surface area contributed by atoms with Crippen LogP contribution in [0.15, 0.2) is 22.7 Å². The van der Waals surface area contributed by atoms with Gasteiger partial charge < -0.3 is 0 Å². The fraction of sp³-hybridized carbons (Fsp3) is 0.500. The summed E-state index contributed by atoms with van der Waals surface area (Å²) < 4.78 is 14.0. The third-order valence-electron chi connectivity index (χ3n) is 2.41. The van der Waals surface area contributed by atoms with Gasteiger partial charge in [0, 0.05) is 29.5 Å². The summed E-state index contributed by atoms with van der Waals surface area (Å²) in [5, 5.41) is 0. The average Bonchev–Trinajstić information content (AvgIpc) is 2.15. The largest absolute Gasteiger partial charge is 0.296 e. The molecule has 0 bridgehead atoms. The highest BCUT2D eigenvalue weighted by molar-refractivity contribution is 9.10. The summed E-state index contributed by atoms with van der Waals surface area (Å²) in [4.78, 5) is 2.22. The molecule has 1 aromatic carbocycles. The van der Waals surface area contributed by atoms with E-state index in [0.29, 0.717) is 11.9 Å². The van der Waals surface area contributed by atoms with Crippen LogP contribution in [0.1, 0.15) is 19.4 Å². The number of alkyl halides is 1. The number of nitrogens with zero attached hydrogens (tertiary/aromatic N) is 1. The predicted octanol–water partition coefficient (Wildman–Crippen LogP) is 4.04. The lowest BCUT2D eigenvalue weighted by Crippen LogP contribution is -2.32. The molecule has 0 spiro atoms. The molecule has 0 atom stereocenters. The molecule has 0 unspecified atom stereocenters. The third kappa shape index (κ3) is 4.40. The molecule has 4 heteroatoms. The first-order chi connectivity index (χ1) is 7.52. The van der Waals surface area contributed by atoms with E-state index in [9.17, 15) is 4.39 Å². The van der Waals surface area contributed by atoms with Gasteiger partial charge in [-0.25, -0.2) is 4.39 Å². The fourth-order valence-corrected chi connectivity index (χ4v) is 2.29. The van der Waals surface area contributed by atoms with E-state index >= 15 is 0 Å². The van der Waals surface area contributed by atoms with Crippen LogP contribution in [-0.4, -0.2) is 23.4 Å². The Morgan fingerprint density at radius 1 is 1.38 bits per heavy atom. The highest BCUT2D eigenvalue weighted by Gasteiger charge is 2.10. The van der Waals surface area contributed by atoms with Crippen molar-refractivity contribution < 1.29 is 4.39 Å². The topological polar surface area (TPSA) is 3.24 Å². The molecule has 16 heavy (non-hydrogen) atoms. The van der Waals surface area contributed by atoms with E-state index in [1.54, 1.807) is 6.07 Å². The average molecular weight is 309 g/mol. The van der Waals surface area contributed by atoms with Crippen molar-refractivity contribution in [3.8, 4) is 0 Å². The second kappa shape index (κ2) is 6.58. The van der Waals surface area contributed by atoms with Crippen LogP contribution in [0.5, 0.6) is 0 Å². The van der Waals surface area contributed by atoms with Crippen molar-refractivity contribution >= 4 is 27.5 Å². The monoisotopic (exact) mass is 307 g/mol. The molecular weight excluding hydrogens is 292 g/mol. The van der Waals surface area contributed by atoms with Gasteiger partial charge in [0.1, 0.15) is 5.82 Å². The third-order valence-corrected chi connectivity index (χ3v) is 3.04. The molecule has 1 aromatic rings. The van der Waals surface area contributed by atoms with Crippen molar-refractivity contribution in [2.45, 2.75) is 26.4 Å². The molecule has 1 nitrogen and oxygen atoms in total. The lowest BCUT2D eigenvalue weighted by atomic mass is 10.2. The molecule has 0 N–H and O–H groups in total. The van der Waals surface area contributed by atoms with Crippen LogP contribution in [0.4, 0.5) is 4.39 Å². The molecule has 1 rings (SSSR count). The molecule has 0 aliphatic carbocycles. The first-order valence-corrected chi connectivity index (χ1v) is 6.60. The van der Waals surface area contributed by atoms with Crippen molar-refractivity contribution in [3.63, 3.8) is 0 Å². The minimum Gasteiger partial charge on any atom is -0.296 e. The number of rotatable bonds is 5. The summed E-state index contributed by atoms with van der Waals surface area (Å²) in [6.07, 6.45) is 0. The summed E-state index contributed by atoms with van der Waals surface area (Å²) in [6.45, 7) is 5.76. The number of halogens is 3. The molecule has 90 valence electrons.